The molecule has 0 bridgehead atoms. The standard InChI is InChI=1S/C15H20N2O3/c1-10-7-8-16-12(9-10)14(18)17-13(15(19)20)11-5-3-2-4-6-11/h2-6,10,12-13,16H,7-9H2,1H3,(H,17,18)(H,19,20). The Morgan fingerprint density at radius 2 is 2.05 bits per heavy atom. The molecule has 5 heteroatoms. The number of carboxylic acids is 1. The number of hydrogen-bond donors (Lipinski definition) is 3. The number of amides is 1. The summed E-state index contributed by atoms with van der Waals surface area (Å²) < 4.78 is 0. The highest BCUT2D eigenvalue weighted by Crippen LogP contribution is 2.17. The van der Waals surface area contributed by atoms with Crippen molar-refractivity contribution in [1.29, 1.82) is 0 Å². The summed E-state index contributed by atoms with van der Waals surface area (Å²) >= 11 is 0. The highest BCUT2D eigenvalue weighted by Gasteiger charge is 2.29. The quantitative estimate of drug-likeness (QED) is 0.775. The van der Waals surface area contributed by atoms with E-state index in [2.05, 4.69) is 17.6 Å². The number of aliphatic carboxylic acids is 1. The van der Waals surface area contributed by atoms with Crippen molar-refractivity contribution in [2.24, 2.45) is 5.92 Å². The molecule has 1 saturated heterocycles. The van der Waals surface area contributed by atoms with Crippen molar-refractivity contribution in [3.63, 3.8) is 0 Å². The summed E-state index contributed by atoms with van der Waals surface area (Å²) in [5.74, 6) is -0.812. The zero-order chi connectivity index (χ0) is 14.5. The van der Waals surface area contributed by atoms with E-state index in [1.165, 1.54) is 0 Å². The fourth-order valence-corrected chi connectivity index (χ4v) is 2.48. The number of carbonyl (C=O) groups excluding carboxylic acids is 1. The molecule has 1 heterocycles. The SMILES string of the molecule is CC1CCNC(C(=O)NC(C(=O)O)c2ccccc2)C1. The molecule has 20 heavy (non-hydrogen) atoms. The zero-order valence-electron chi connectivity index (χ0n) is 11.5. The highest BCUT2D eigenvalue weighted by molar-refractivity contribution is 5.87. The summed E-state index contributed by atoms with van der Waals surface area (Å²) in [6.07, 6.45) is 1.79. The molecule has 3 unspecified atom stereocenters. The number of hydrogen-bond acceptors (Lipinski definition) is 3. The maximum absolute atomic E-state index is 12.2. The van der Waals surface area contributed by atoms with Gasteiger partial charge in [-0.2, -0.15) is 0 Å². The van der Waals surface area contributed by atoms with Gasteiger partial charge in [0.05, 0.1) is 6.04 Å². The van der Waals surface area contributed by atoms with E-state index in [9.17, 15) is 14.7 Å². The van der Waals surface area contributed by atoms with E-state index in [-0.39, 0.29) is 11.9 Å². The van der Waals surface area contributed by atoms with E-state index in [1.807, 2.05) is 6.07 Å². The van der Waals surface area contributed by atoms with Gasteiger partial charge in [0.25, 0.3) is 0 Å². The summed E-state index contributed by atoms with van der Waals surface area (Å²) in [6.45, 7) is 2.90. The van der Waals surface area contributed by atoms with Gasteiger partial charge in [-0.05, 0) is 30.9 Å². The Hall–Kier alpha value is -1.88. The molecule has 1 aromatic carbocycles. The van der Waals surface area contributed by atoms with Crippen LogP contribution in [0.25, 0.3) is 0 Å². The van der Waals surface area contributed by atoms with Gasteiger partial charge in [-0.3, -0.25) is 4.79 Å². The minimum atomic E-state index is -1.05. The van der Waals surface area contributed by atoms with Gasteiger partial charge in [0, 0.05) is 0 Å². The molecule has 108 valence electrons. The summed E-state index contributed by atoms with van der Waals surface area (Å²) in [5.41, 5.74) is 0.581. The maximum Gasteiger partial charge on any atom is 0.330 e. The molecule has 0 saturated carbocycles. The molecule has 1 fully saturated rings. The Morgan fingerprint density at radius 3 is 2.65 bits per heavy atom. The van der Waals surface area contributed by atoms with Crippen LogP contribution in [0.5, 0.6) is 0 Å². The smallest absolute Gasteiger partial charge is 0.330 e. The topological polar surface area (TPSA) is 78.4 Å². The molecule has 0 radical (unpaired) electrons. The summed E-state index contributed by atoms with van der Waals surface area (Å²) in [7, 11) is 0. The Morgan fingerprint density at radius 1 is 1.35 bits per heavy atom. The van der Waals surface area contributed by atoms with E-state index in [0.29, 0.717) is 11.5 Å². The van der Waals surface area contributed by atoms with Crippen LogP contribution in [-0.4, -0.2) is 29.6 Å². The number of nitrogens with one attached hydrogen (secondary N) is 2. The Labute approximate surface area is 118 Å². The summed E-state index contributed by atoms with van der Waals surface area (Å²) in [6, 6.07) is 7.45. The van der Waals surface area contributed by atoms with Crippen LogP contribution in [-0.2, 0) is 9.59 Å². The van der Waals surface area contributed by atoms with Gasteiger partial charge < -0.3 is 15.7 Å². The Balaban J connectivity index is 2.05. The third kappa shape index (κ3) is 3.57. The maximum atomic E-state index is 12.2. The lowest BCUT2D eigenvalue weighted by molar-refractivity contribution is -0.142. The number of carboxylic acid groups (broad SMARTS) is 1. The van der Waals surface area contributed by atoms with Crippen molar-refractivity contribution >= 4 is 11.9 Å². The third-order valence-electron chi connectivity index (χ3n) is 3.65. The lowest BCUT2D eigenvalue weighted by Crippen LogP contribution is -2.50. The van der Waals surface area contributed by atoms with Crippen LogP contribution in [0.3, 0.4) is 0 Å². The molecular formula is C15H20N2O3. The second kappa shape index (κ2) is 6.52. The lowest BCUT2D eigenvalue weighted by Gasteiger charge is -2.28. The lowest BCUT2D eigenvalue weighted by atomic mass is 9.93. The fraction of sp³-hybridized carbons (Fsp3) is 0.467. The molecule has 1 aliphatic rings. The second-order valence-electron chi connectivity index (χ2n) is 5.33. The minimum absolute atomic E-state index is 0.243. The van der Waals surface area contributed by atoms with Crippen molar-refractivity contribution in [2.75, 3.05) is 6.54 Å². The monoisotopic (exact) mass is 276 g/mol. The van der Waals surface area contributed by atoms with Crippen LogP contribution in [0, 0.1) is 5.92 Å². The number of benzene rings is 1. The molecule has 3 N–H and O–H groups in total. The second-order valence-corrected chi connectivity index (χ2v) is 5.33. The van der Waals surface area contributed by atoms with Crippen molar-refractivity contribution in [1.82, 2.24) is 10.6 Å². The summed E-state index contributed by atoms with van der Waals surface area (Å²) in [4.78, 5) is 23.5. The van der Waals surface area contributed by atoms with E-state index in [4.69, 9.17) is 0 Å². The van der Waals surface area contributed by atoms with E-state index in [1.54, 1.807) is 24.3 Å². The Kier molecular flexibility index (Phi) is 4.74. The molecular weight excluding hydrogens is 256 g/mol. The van der Waals surface area contributed by atoms with E-state index >= 15 is 0 Å². The van der Waals surface area contributed by atoms with Crippen molar-refractivity contribution in [2.45, 2.75) is 31.8 Å². The number of rotatable bonds is 4. The molecule has 0 aliphatic carbocycles. The zero-order valence-corrected chi connectivity index (χ0v) is 11.5. The van der Waals surface area contributed by atoms with Crippen LogP contribution < -0.4 is 10.6 Å². The van der Waals surface area contributed by atoms with Crippen LogP contribution in [0.1, 0.15) is 31.4 Å². The van der Waals surface area contributed by atoms with Gasteiger partial charge in [0.1, 0.15) is 0 Å². The van der Waals surface area contributed by atoms with Crippen LogP contribution in [0.15, 0.2) is 30.3 Å². The summed E-state index contributed by atoms with van der Waals surface area (Å²) in [5, 5.41) is 15.1. The van der Waals surface area contributed by atoms with E-state index < -0.39 is 12.0 Å². The van der Waals surface area contributed by atoms with E-state index in [0.717, 1.165) is 19.4 Å². The predicted octanol–water partition coefficient (Wildman–Crippen LogP) is 1.32. The van der Waals surface area contributed by atoms with Crippen LogP contribution >= 0.6 is 0 Å². The normalized spacial score (nSPS) is 23.9. The van der Waals surface area contributed by atoms with Gasteiger partial charge >= 0.3 is 5.97 Å². The fourth-order valence-electron chi connectivity index (χ4n) is 2.48. The first-order valence-corrected chi connectivity index (χ1v) is 6.89. The number of piperidine rings is 1. The largest absolute Gasteiger partial charge is 0.479 e. The van der Waals surface area contributed by atoms with Crippen LogP contribution in [0.4, 0.5) is 0 Å². The minimum Gasteiger partial charge on any atom is -0.479 e. The molecule has 5 nitrogen and oxygen atoms in total. The number of carbonyl (C=O) groups is 2. The molecule has 0 aromatic heterocycles. The van der Waals surface area contributed by atoms with Crippen molar-refractivity contribution in [3.8, 4) is 0 Å². The van der Waals surface area contributed by atoms with Crippen molar-refractivity contribution < 1.29 is 14.7 Å². The predicted molar refractivity (Wildman–Crippen MR) is 75.2 cm³/mol. The van der Waals surface area contributed by atoms with Crippen LogP contribution in [0.2, 0.25) is 0 Å². The average molecular weight is 276 g/mol. The first kappa shape index (κ1) is 14.5. The first-order chi connectivity index (χ1) is 9.58. The average Bonchev–Trinajstić information content (AvgIpc) is 2.45. The molecule has 2 rings (SSSR count). The molecule has 1 aliphatic heterocycles. The van der Waals surface area contributed by atoms with Gasteiger partial charge in [-0.1, -0.05) is 37.3 Å². The Bertz CT molecular complexity index is 475. The van der Waals surface area contributed by atoms with Gasteiger partial charge in [0.2, 0.25) is 5.91 Å². The van der Waals surface area contributed by atoms with Gasteiger partial charge in [-0.25, -0.2) is 4.79 Å². The molecule has 0 spiro atoms. The van der Waals surface area contributed by atoms with Gasteiger partial charge in [0.15, 0.2) is 6.04 Å². The highest BCUT2D eigenvalue weighted by atomic mass is 16.4. The third-order valence-corrected chi connectivity index (χ3v) is 3.65. The van der Waals surface area contributed by atoms with Crippen molar-refractivity contribution in [3.05, 3.63) is 35.9 Å². The van der Waals surface area contributed by atoms with Gasteiger partial charge in [-0.15, -0.1) is 0 Å². The molecule has 1 amide bonds. The molecule has 3 atom stereocenters. The first-order valence-electron chi connectivity index (χ1n) is 6.89. The molecule has 1 aromatic rings.